The number of amides is 1. The van der Waals surface area contributed by atoms with Crippen molar-refractivity contribution in [3.63, 3.8) is 0 Å². The van der Waals surface area contributed by atoms with Crippen LogP contribution in [0.1, 0.15) is 44.6 Å². The second kappa shape index (κ2) is 6.79. The smallest absolute Gasteiger partial charge is 0.225 e. The SMILES string of the molecule is CC(C)c1ccccc1NC(=O)CCN(C1CC1)S(C)(=O)=O. The van der Waals surface area contributed by atoms with Gasteiger partial charge in [0.25, 0.3) is 0 Å². The van der Waals surface area contributed by atoms with Crippen LogP contribution in [0.4, 0.5) is 5.69 Å². The molecule has 5 nitrogen and oxygen atoms in total. The monoisotopic (exact) mass is 324 g/mol. The molecule has 0 heterocycles. The van der Waals surface area contributed by atoms with Crippen molar-refractivity contribution in [1.82, 2.24) is 4.31 Å². The van der Waals surface area contributed by atoms with Crippen LogP contribution in [0.2, 0.25) is 0 Å². The number of hydrogen-bond donors (Lipinski definition) is 1. The van der Waals surface area contributed by atoms with Gasteiger partial charge in [0, 0.05) is 24.7 Å². The van der Waals surface area contributed by atoms with Gasteiger partial charge in [-0.3, -0.25) is 4.79 Å². The van der Waals surface area contributed by atoms with Crippen molar-refractivity contribution >= 4 is 21.6 Å². The molecular formula is C16H24N2O3S. The third kappa shape index (κ3) is 4.55. The van der Waals surface area contributed by atoms with Gasteiger partial charge in [-0.1, -0.05) is 32.0 Å². The lowest BCUT2D eigenvalue weighted by Crippen LogP contribution is -2.34. The summed E-state index contributed by atoms with van der Waals surface area (Å²) in [5.74, 6) is 0.165. The summed E-state index contributed by atoms with van der Waals surface area (Å²) < 4.78 is 24.9. The van der Waals surface area contributed by atoms with Gasteiger partial charge < -0.3 is 5.32 Å². The topological polar surface area (TPSA) is 66.5 Å². The maximum absolute atomic E-state index is 12.1. The van der Waals surface area contributed by atoms with E-state index in [9.17, 15) is 13.2 Å². The molecule has 1 fully saturated rings. The molecule has 0 aromatic heterocycles. The van der Waals surface area contributed by atoms with E-state index in [4.69, 9.17) is 0 Å². The minimum atomic E-state index is -3.24. The second-order valence-electron chi connectivity index (χ2n) is 6.15. The molecule has 6 heteroatoms. The molecule has 1 aliphatic rings. The Balaban J connectivity index is 1.96. The molecule has 1 saturated carbocycles. The summed E-state index contributed by atoms with van der Waals surface area (Å²) in [5, 5.41) is 2.90. The first-order valence-electron chi connectivity index (χ1n) is 7.64. The van der Waals surface area contributed by atoms with Crippen LogP contribution in [0, 0.1) is 0 Å². The third-order valence-corrected chi connectivity index (χ3v) is 5.13. The van der Waals surface area contributed by atoms with Crippen LogP contribution in [0.15, 0.2) is 24.3 Å². The number of anilines is 1. The predicted molar refractivity (Wildman–Crippen MR) is 88.3 cm³/mol. The third-order valence-electron chi connectivity index (χ3n) is 3.80. The Hall–Kier alpha value is -1.40. The Labute approximate surface area is 132 Å². The number of para-hydroxylation sites is 1. The van der Waals surface area contributed by atoms with Gasteiger partial charge in [-0.25, -0.2) is 8.42 Å². The zero-order valence-corrected chi connectivity index (χ0v) is 14.2. The molecule has 0 spiro atoms. The number of sulfonamides is 1. The van der Waals surface area contributed by atoms with E-state index in [1.54, 1.807) is 0 Å². The van der Waals surface area contributed by atoms with Gasteiger partial charge >= 0.3 is 0 Å². The first kappa shape index (κ1) is 17.0. The summed E-state index contributed by atoms with van der Waals surface area (Å²) in [5.41, 5.74) is 1.89. The lowest BCUT2D eigenvalue weighted by Gasteiger charge is -2.19. The second-order valence-corrected chi connectivity index (χ2v) is 8.08. The van der Waals surface area contributed by atoms with Crippen molar-refractivity contribution in [2.45, 2.75) is 45.1 Å². The van der Waals surface area contributed by atoms with Crippen LogP contribution in [-0.2, 0) is 14.8 Å². The number of carbonyl (C=O) groups excluding carboxylic acids is 1. The summed E-state index contributed by atoms with van der Waals surface area (Å²) in [6.45, 7) is 4.39. The molecule has 22 heavy (non-hydrogen) atoms. The molecular weight excluding hydrogens is 300 g/mol. The molecule has 1 aromatic rings. The summed E-state index contributed by atoms with van der Waals surface area (Å²) in [6.07, 6.45) is 3.17. The fourth-order valence-corrected chi connectivity index (χ4v) is 3.70. The Morgan fingerprint density at radius 3 is 2.50 bits per heavy atom. The summed E-state index contributed by atoms with van der Waals surface area (Å²) in [6, 6.07) is 7.79. The Kier molecular flexibility index (Phi) is 5.24. The number of rotatable bonds is 7. The standard InChI is InChI=1S/C16H24N2O3S/c1-12(2)14-6-4-5-7-15(14)17-16(19)10-11-18(13-8-9-13)22(3,20)21/h4-7,12-13H,8-11H2,1-3H3,(H,17,19). The quantitative estimate of drug-likeness (QED) is 0.838. The van der Waals surface area contributed by atoms with Gasteiger partial charge in [0.2, 0.25) is 15.9 Å². The predicted octanol–water partition coefficient (Wildman–Crippen LogP) is 2.56. The molecule has 0 atom stereocenters. The van der Waals surface area contributed by atoms with Crippen LogP contribution < -0.4 is 5.32 Å². The van der Waals surface area contributed by atoms with Gasteiger partial charge in [-0.2, -0.15) is 4.31 Å². The molecule has 1 amide bonds. The van der Waals surface area contributed by atoms with Crippen LogP contribution in [0.25, 0.3) is 0 Å². The van der Waals surface area contributed by atoms with Crippen LogP contribution in [0.5, 0.6) is 0 Å². The highest BCUT2D eigenvalue weighted by Crippen LogP contribution is 2.29. The fraction of sp³-hybridized carbons (Fsp3) is 0.562. The molecule has 122 valence electrons. The summed E-state index contributed by atoms with van der Waals surface area (Å²) in [7, 11) is -3.24. The van der Waals surface area contributed by atoms with Crippen molar-refractivity contribution in [2.75, 3.05) is 18.1 Å². The highest BCUT2D eigenvalue weighted by atomic mass is 32.2. The van der Waals surface area contributed by atoms with Gasteiger partial charge in [0.1, 0.15) is 0 Å². The van der Waals surface area contributed by atoms with E-state index in [-0.39, 0.29) is 24.9 Å². The maximum Gasteiger partial charge on any atom is 0.225 e. The van der Waals surface area contributed by atoms with E-state index < -0.39 is 10.0 Å². The molecule has 1 aromatic carbocycles. The molecule has 0 saturated heterocycles. The zero-order chi connectivity index (χ0) is 16.3. The largest absolute Gasteiger partial charge is 0.326 e. The van der Waals surface area contributed by atoms with Gasteiger partial charge in [-0.05, 0) is 30.4 Å². The average molecular weight is 324 g/mol. The minimum absolute atomic E-state index is 0.0887. The molecule has 0 unspecified atom stereocenters. The van der Waals surface area contributed by atoms with E-state index in [1.165, 1.54) is 10.6 Å². The van der Waals surface area contributed by atoms with Crippen molar-refractivity contribution in [3.8, 4) is 0 Å². The summed E-state index contributed by atoms with van der Waals surface area (Å²) >= 11 is 0. The summed E-state index contributed by atoms with van der Waals surface area (Å²) in [4.78, 5) is 12.1. The fourth-order valence-electron chi connectivity index (χ4n) is 2.52. The Morgan fingerprint density at radius 1 is 1.32 bits per heavy atom. The normalized spacial score (nSPS) is 15.3. The van der Waals surface area contributed by atoms with Gasteiger partial charge in [-0.15, -0.1) is 0 Å². The zero-order valence-electron chi connectivity index (χ0n) is 13.4. The maximum atomic E-state index is 12.1. The number of nitrogens with one attached hydrogen (secondary N) is 1. The molecule has 0 bridgehead atoms. The first-order chi connectivity index (χ1) is 10.3. The van der Waals surface area contributed by atoms with E-state index in [0.717, 1.165) is 24.1 Å². The van der Waals surface area contributed by atoms with Crippen molar-refractivity contribution < 1.29 is 13.2 Å². The highest BCUT2D eigenvalue weighted by molar-refractivity contribution is 7.88. The number of nitrogens with zero attached hydrogens (tertiary/aromatic N) is 1. The Morgan fingerprint density at radius 2 is 1.95 bits per heavy atom. The lowest BCUT2D eigenvalue weighted by molar-refractivity contribution is -0.116. The molecule has 1 N–H and O–H groups in total. The van der Waals surface area contributed by atoms with E-state index in [1.807, 2.05) is 24.3 Å². The van der Waals surface area contributed by atoms with Gasteiger partial charge in [0.05, 0.1) is 6.26 Å². The Bertz CT molecular complexity index is 637. The molecule has 2 rings (SSSR count). The first-order valence-corrected chi connectivity index (χ1v) is 9.49. The molecule has 0 aliphatic heterocycles. The van der Waals surface area contributed by atoms with Crippen LogP contribution in [0.3, 0.4) is 0 Å². The van der Waals surface area contributed by atoms with Crippen molar-refractivity contribution in [2.24, 2.45) is 0 Å². The average Bonchev–Trinajstić information content (AvgIpc) is 3.22. The van der Waals surface area contributed by atoms with Crippen LogP contribution >= 0.6 is 0 Å². The van der Waals surface area contributed by atoms with Crippen molar-refractivity contribution in [1.29, 1.82) is 0 Å². The van der Waals surface area contributed by atoms with Gasteiger partial charge in [0.15, 0.2) is 0 Å². The van der Waals surface area contributed by atoms with E-state index in [2.05, 4.69) is 19.2 Å². The number of carbonyl (C=O) groups is 1. The lowest BCUT2D eigenvalue weighted by atomic mass is 10.0. The van der Waals surface area contributed by atoms with E-state index >= 15 is 0 Å². The molecule has 0 radical (unpaired) electrons. The minimum Gasteiger partial charge on any atom is -0.326 e. The van der Waals surface area contributed by atoms with E-state index in [0.29, 0.717) is 5.92 Å². The number of hydrogen-bond acceptors (Lipinski definition) is 3. The van der Waals surface area contributed by atoms with Crippen LogP contribution in [-0.4, -0.2) is 37.5 Å². The number of benzene rings is 1. The van der Waals surface area contributed by atoms with Crippen molar-refractivity contribution in [3.05, 3.63) is 29.8 Å². The highest BCUT2D eigenvalue weighted by Gasteiger charge is 2.34. The molecule has 1 aliphatic carbocycles.